The summed E-state index contributed by atoms with van der Waals surface area (Å²) in [5, 5.41) is 0. The number of hydrogen-bond donors (Lipinski definition) is 0. The third kappa shape index (κ3) is 3.35. The van der Waals surface area contributed by atoms with Crippen LogP contribution in [0.1, 0.15) is 45.2 Å². The molecule has 0 atom stereocenters. The van der Waals surface area contributed by atoms with Crippen molar-refractivity contribution in [3.63, 3.8) is 0 Å². The molecule has 0 amide bonds. The Morgan fingerprint density at radius 2 is 1.47 bits per heavy atom. The Morgan fingerprint density at radius 1 is 1.07 bits per heavy atom. The maximum atomic E-state index is 2.49. The van der Waals surface area contributed by atoms with Gasteiger partial charge in [0, 0.05) is 19.1 Å². The van der Waals surface area contributed by atoms with Crippen molar-refractivity contribution in [3.05, 3.63) is 35.4 Å². The van der Waals surface area contributed by atoms with E-state index in [0.29, 0.717) is 6.04 Å². The van der Waals surface area contributed by atoms with Gasteiger partial charge in [0.05, 0.1) is 0 Å². The maximum Gasteiger partial charge on any atom is 0.0243 e. The Kier molecular flexibility index (Phi) is 4.83. The van der Waals surface area contributed by atoms with Gasteiger partial charge in [0.15, 0.2) is 0 Å². The first kappa shape index (κ1) is 12.3. The van der Waals surface area contributed by atoms with Crippen LogP contribution in [0.5, 0.6) is 0 Å². The molecule has 0 saturated carbocycles. The fourth-order valence-electron chi connectivity index (χ4n) is 1.72. The molecule has 1 heterocycles. The Bertz CT molecular complexity index is 266. The van der Waals surface area contributed by atoms with Crippen LogP contribution < -0.4 is 0 Å². The molecule has 1 aliphatic heterocycles. The molecule has 0 unspecified atom stereocenters. The minimum atomic E-state index is 0.664. The highest BCUT2D eigenvalue weighted by Crippen LogP contribution is 2.23. The van der Waals surface area contributed by atoms with Gasteiger partial charge >= 0.3 is 0 Å². The van der Waals surface area contributed by atoms with Crippen LogP contribution in [0.4, 0.5) is 0 Å². The summed E-state index contributed by atoms with van der Waals surface area (Å²) in [7, 11) is 0. The average molecular weight is 205 g/mol. The second-order valence-corrected chi connectivity index (χ2v) is 4.47. The maximum absolute atomic E-state index is 2.49. The smallest absolute Gasteiger partial charge is 0.0243 e. The van der Waals surface area contributed by atoms with E-state index >= 15 is 0 Å². The van der Waals surface area contributed by atoms with Gasteiger partial charge in [-0.15, -0.1) is 0 Å². The van der Waals surface area contributed by atoms with Crippen LogP contribution in [-0.2, 0) is 13.1 Å². The van der Waals surface area contributed by atoms with Crippen LogP contribution in [0.3, 0.4) is 0 Å². The fraction of sp³-hybridized carbons (Fsp3) is 0.571. The van der Waals surface area contributed by atoms with Gasteiger partial charge < -0.3 is 0 Å². The minimum Gasteiger partial charge on any atom is -0.292 e. The van der Waals surface area contributed by atoms with Crippen molar-refractivity contribution in [1.29, 1.82) is 0 Å². The lowest BCUT2D eigenvalue weighted by Crippen LogP contribution is -2.24. The van der Waals surface area contributed by atoms with Crippen molar-refractivity contribution in [3.8, 4) is 0 Å². The van der Waals surface area contributed by atoms with E-state index in [0.717, 1.165) is 13.1 Å². The van der Waals surface area contributed by atoms with Gasteiger partial charge in [-0.2, -0.15) is 0 Å². The highest BCUT2D eigenvalue weighted by molar-refractivity contribution is 5.30. The zero-order chi connectivity index (χ0) is 11.3. The van der Waals surface area contributed by atoms with Gasteiger partial charge in [-0.25, -0.2) is 0 Å². The van der Waals surface area contributed by atoms with Crippen molar-refractivity contribution in [1.82, 2.24) is 4.90 Å². The van der Waals surface area contributed by atoms with Crippen molar-refractivity contribution < 1.29 is 0 Å². The third-order valence-corrected chi connectivity index (χ3v) is 2.60. The van der Waals surface area contributed by atoms with Crippen LogP contribution in [0.25, 0.3) is 0 Å². The fourth-order valence-corrected chi connectivity index (χ4v) is 1.72. The van der Waals surface area contributed by atoms with E-state index < -0.39 is 0 Å². The highest BCUT2D eigenvalue weighted by Gasteiger charge is 2.19. The normalized spacial score (nSPS) is 14.7. The second kappa shape index (κ2) is 5.92. The Hall–Kier alpha value is -0.820. The van der Waals surface area contributed by atoms with E-state index in [1.165, 1.54) is 17.5 Å². The standard InChI is InChI=1S/C11H15N.C3H8/c1-9(2)12-7-10-5-3-4-6-11(10)8-12;1-3-2/h3-6,9H,7-8H2,1-2H3;3H2,1-2H3. The van der Waals surface area contributed by atoms with E-state index in [1.807, 2.05) is 0 Å². The SMILES string of the molecule is CC(C)N1Cc2ccccc2C1.CCC. The Balaban J connectivity index is 0.000000337. The minimum absolute atomic E-state index is 0.664. The van der Waals surface area contributed by atoms with Gasteiger partial charge in [0.2, 0.25) is 0 Å². The van der Waals surface area contributed by atoms with Gasteiger partial charge in [-0.1, -0.05) is 44.5 Å². The molecule has 2 rings (SSSR count). The van der Waals surface area contributed by atoms with Crippen LogP contribution >= 0.6 is 0 Å². The van der Waals surface area contributed by atoms with Crippen LogP contribution in [0, 0.1) is 0 Å². The number of rotatable bonds is 1. The predicted octanol–water partition coefficient (Wildman–Crippen LogP) is 3.83. The van der Waals surface area contributed by atoms with Crippen molar-refractivity contribution >= 4 is 0 Å². The van der Waals surface area contributed by atoms with Crippen LogP contribution in [0.2, 0.25) is 0 Å². The summed E-state index contributed by atoms with van der Waals surface area (Å²) >= 11 is 0. The molecular formula is C14H23N. The molecule has 0 fully saturated rings. The van der Waals surface area contributed by atoms with Crippen LogP contribution in [0.15, 0.2) is 24.3 Å². The molecular weight excluding hydrogens is 182 g/mol. The summed E-state index contributed by atoms with van der Waals surface area (Å²) in [5.74, 6) is 0. The van der Waals surface area contributed by atoms with Gasteiger partial charge in [-0.3, -0.25) is 4.90 Å². The largest absolute Gasteiger partial charge is 0.292 e. The van der Waals surface area contributed by atoms with Gasteiger partial charge in [0.25, 0.3) is 0 Å². The van der Waals surface area contributed by atoms with Crippen molar-refractivity contribution in [2.45, 2.75) is 53.2 Å². The van der Waals surface area contributed by atoms with Crippen molar-refractivity contribution in [2.75, 3.05) is 0 Å². The van der Waals surface area contributed by atoms with E-state index in [4.69, 9.17) is 0 Å². The van der Waals surface area contributed by atoms with E-state index in [2.05, 4.69) is 56.9 Å². The van der Waals surface area contributed by atoms with Gasteiger partial charge in [0.1, 0.15) is 0 Å². The highest BCUT2D eigenvalue weighted by atomic mass is 15.2. The Labute approximate surface area is 94.1 Å². The summed E-state index contributed by atoms with van der Waals surface area (Å²) in [6.45, 7) is 11.0. The second-order valence-electron chi connectivity index (χ2n) is 4.47. The first-order valence-corrected chi connectivity index (χ1v) is 5.99. The van der Waals surface area contributed by atoms with Gasteiger partial charge in [-0.05, 0) is 25.0 Å². The third-order valence-electron chi connectivity index (χ3n) is 2.60. The monoisotopic (exact) mass is 205 g/mol. The molecule has 1 aromatic carbocycles. The molecule has 1 nitrogen and oxygen atoms in total. The van der Waals surface area contributed by atoms with Crippen LogP contribution in [-0.4, -0.2) is 10.9 Å². The zero-order valence-corrected chi connectivity index (χ0v) is 10.5. The molecule has 84 valence electrons. The topological polar surface area (TPSA) is 3.24 Å². The molecule has 1 aromatic rings. The molecule has 15 heavy (non-hydrogen) atoms. The summed E-state index contributed by atoms with van der Waals surface area (Å²) in [6, 6.07) is 9.39. The number of fused-ring (bicyclic) bond motifs is 1. The molecule has 0 spiro atoms. The van der Waals surface area contributed by atoms with E-state index in [1.54, 1.807) is 0 Å². The summed E-state index contributed by atoms with van der Waals surface area (Å²) in [5.41, 5.74) is 3.01. The molecule has 0 N–H and O–H groups in total. The molecule has 0 bridgehead atoms. The quantitative estimate of drug-likeness (QED) is 0.673. The van der Waals surface area contributed by atoms with E-state index in [9.17, 15) is 0 Å². The van der Waals surface area contributed by atoms with E-state index in [-0.39, 0.29) is 0 Å². The molecule has 1 heteroatoms. The molecule has 0 aliphatic carbocycles. The first-order chi connectivity index (χ1) is 7.19. The predicted molar refractivity (Wildman–Crippen MR) is 66.8 cm³/mol. The molecule has 0 saturated heterocycles. The number of hydrogen-bond acceptors (Lipinski definition) is 1. The summed E-state index contributed by atoms with van der Waals surface area (Å²) in [4.78, 5) is 2.49. The first-order valence-electron chi connectivity index (χ1n) is 5.99. The summed E-state index contributed by atoms with van der Waals surface area (Å²) < 4.78 is 0. The lowest BCUT2D eigenvalue weighted by molar-refractivity contribution is 0.227. The lowest BCUT2D eigenvalue weighted by atomic mass is 10.1. The lowest BCUT2D eigenvalue weighted by Gasteiger charge is -2.18. The summed E-state index contributed by atoms with van der Waals surface area (Å²) in [6.07, 6.45) is 1.25. The van der Waals surface area contributed by atoms with Crippen molar-refractivity contribution in [2.24, 2.45) is 0 Å². The number of nitrogens with zero attached hydrogens (tertiary/aromatic N) is 1. The Morgan fingerprint density at radius 3 is 1.80 bits per heavy atom. The molecule has 1 aliphatic rings. The average Bonchev–Trinajstić information content (AvgIpc) is 2.62. The molecule has 0 aromatic heterocycles. The molecule has 0 radical (unpaired) electrons. The number of benzene rings is 1. The zero-order valence-electron chi connectivity index (χ0n) is 10.5.